The van der Waals surface area contributed by atoms with Gasteiger partial charge < -0.3 is 10.1 Å². The van der Waals surface area contributed by atoms with Crippen LogP contribution in [0.4, 0.5) is 5.69 Å². The van der Waals surface area contributed by atoms with Gasteiger partial charge in [-0.05, 0) is 52.0 Å². The Kier molecular flexibility index (Phi) is 5.46. The molecule has 0 bridgehead atoms. The summed E-state index contributed by atoms with van der Waals surface area (Å²) in [5.74, 6) is 0.492. The molecule has 142 valence electrons. The van der Waals surface area contributed by atoms with E-state index >= 15 is 0 Å². The summed E-state index contributed by atoms with van der Waals surface area (Å²) in [5, 5.41) is 6.40. The van der Waals surface area contributed by atoms with Gasteiger partial charge >= 0.3 is 0 Å². The number of rotatable bonds is 6. The Morgan fingerprint density at radius 1 is 1.26 bits per heavy atom. The number of amides is 1. The first kappa shape index (κ1) is 18.9. The van der Waals surface area contributed by atoms with Crippen molar-refractivity contribution in [3.8, 4) is 10.9 Å². The normalized spacial score (nSPS) is 10.8. The van der Waals surface area contributed by atoms with E-state index in [2.05, 4.69) is 15.4 Å². The molecule has 27 heavy (non-hydrogen) atoms. The zero-order valence-electron chi connectivity index (χ0n) is 15.8. The molecule has 8 heteroatoms. The van der Waals surface area contributed by atoms with Crippen LogP contribution in [0.2, 0.25) is 0 Å². The molecule has 0 saturated heterocycles. The molecule has 3 rings (SSSR count). The third kappa shape index (κ3) is 4.11. The minimum Gasteiger partial charge on any atom is -0.494 e. The van der Waals surface area contributed by atoms with Crippen molar-refractivity contribution in [2.45, 2.75) is 34.1 Å². The van der Waals surface area contributed by atoms with Gasteiger partial charge in [0.15, 0.2) is 0 Å². The summed E-state index contributed by atoms with van der Waals surface area (Å²) < 4.78 is 6.78. The maximum atomic E-state index is 12.7. The van der Waals surface area contributed by atoms with E-state index in [0.29, 0.717) is 28.7 Å². The molecule has 2 heterocycles. The molecular weight excluding hydrogens is 364 g/mol. The molecule has 3 aromatic rings. The first-order valence-corrected chi connectivity index (χ1v) is 9.48. The van der Waals surface area contributed by atoms with Crippen molar-refractivity contribution in [2.75, 3.05) is 11.9 Å². The Bertz CT molecular complexity index is 995. The molecule has 0 radical (unpaired) electrons. The standard InChI is InChI=1S/C19H22N4O3S/c1-5-26-15-8-6-14(7-9-15)21-17(24)10-16-12(3)22-23(18(16)25)19-20-11(2)13(4)27-19/h6-9,22H,5,10H2,1-4H3,(H,21,24). The number of carbonyl (C=O) groups is 1. The van der Waals surface area contributed by atoms with Crippen LogP contribution >= 0.6 is 11.3 Å². The largest absolute Gasteiger partial charge is 0.494 e. The fourth-order valence-electron chi connectivity index (χ4n) is 2.64. The summed E-state index contributed by atoms with van der Waals surface area (Å²) in [6.45, 7) is 8.15. The molecule has 0 unspecified atom stereocenters. The van der Waals surface area contributed by atoms with Crippen molar-refractivity contribution in [2.24, 2.45) is 0 Å². The van der Waals surface area contributed by atoms with Gasteiger partial charge in [0.05, 0.1) is 18.7 Å². The number of anilines is 1. The minimum atomic E-state index is -0.253. The second-order valence-electron chi connectivity index (χ2n) is 6.18. The summed E-state index contributed by atoms with van der Waals surface area (Å²) in [6.07, 6.45) is -0.00921. The number of nitrogens with zero attached hydrogens (tertiary/aromatic N) is 2. The van der Waals surface area contributed by atoms with Crippen LogP contribution in [0.25, 0.3) is 5.13 Å². The van der Waals surface area contributed by atoms with Crippen LogP contribution < -0.4 is 15.6 Å². The van der Waals surface area contributed by atoms with E-state index in [0.717, 1.165) is 16.3 Å². The maximum Gasteiger partial charge on any atom is 0.277 e. The molecule has 2 aromatic heterocycles. The molecule has 0 atom stereocenters. The van der Waals surface area contributed by atoms with Crippen molar-refractivity contribution in [1.29, 1.82) is 0 Å². The Balaban J connectivity index is 1.75. The van der Waals surface area contributed by atoms with Crippen molar-refractivity contribution >= 4 is 22.9 Å². The number of aromatic amines is 1. The average molecular weight is 386 g/mol. The SMILES string of the molecule is CCOc1ccc(NC(=O)Cc2c(C)[nH]n(-c3nc(C)c(C)s3)c2=O)cc1. The lowest BCUT2D eigenvalue weighted by Crippen LogP contribution is -2.22. The number of hydrogen-bond donors (Lipinski definition) is 2. The van der Waals surface area contributed by atoms with Crippen LogP contribution in [0.3, 0.4) is 0 Å². The molecular formula is C19H22N4O3S. The zero-order chi connectivity index (χ0) is 19.6. The maximum absolute atomic E-state index is 12.7. The Morgan fingerprint density at radius 3 is 2.56 bits per heavy atom. The Morgan fingerprint density at radius 2 is 1.96 bits per heavy atom. The summed E-state index contributed by atoms with van der Waals surface area (Å²) in [6, 6.07) is 7.13. The van der Waals surface area contributed by atoms with E-state index in [9.17, 15) is 9.59 Å². The van der Waals surface area contributed by atoms with Crippen LogP contribution in [-0.4, -0.2) is 27.3 Å². The van der Waals surface area contributed by atoms with E-state index in [-0.39, 0.29) is 17.9 Å². The predicted molar refractivity (Wildman–Crippen MR) is 106 cm³/mol. The van der Waals surface area contributed by atoms with Gasteiger partial charge in [0.1, 0.15) is 5.75 Å². The lowest BCUT2D eigenvalue weighted by atomic mass is 10.2. The lowest BCUT2D eigenvalue weighted by Gasteiger charge is -2.06. The van der Waals surface area contributed by atoms with Gasteiger partial charge in [-0.15, -0.1) is 0 Å². The van der Waals surface area contributed by atoms with Crippen molar-refractivity contribution < 1.29 is 9.53 Å². The molecule has 1 aromatic carbocycles. The highest BCUT2D eigenvalue weighted by atomic mass is 32.1. The molecule has 0 saturated carbocycles. The van der Waals surface area contributed by atoms with E-state index in [1.165, 1.54) is 16.0 Å². The van der Waals surface area contributed by atoms with Crippen LogP contribution in [0.15, 0.2) is 29.1 Å². The first-order valence-electron chi connectivity index (χ1n) is 8.66. The quantitative estimate of drug-likeness (QED) is 0.681. The van der Waals surface area contributed by atoms with Gasteiger partial charge in [-0.2, -0.15) is 4.68 Å². The third-order valence-electron chi connectivity index (χ3n) is 4.19. The Hall–Kier alpha value is -2.87. The van der Waals surface area contributed by atoms with E-state index in [4.69, 9.17) is 4.74 Å². The van der Waals surface area contributed by atoms with Crippen LogP contribution in [-0.2, 0) is 11.2 Å². The smallest absolute Gasteiger partial charge is 0.277 e. The van der Waals surface area contributed by atoms with Crippen molar-refractivity contribution in [3.05, 3.63) is 56.4 Å². The molecule has 0 fully saturated rings. The molecule has 0 aliphatic rings. The van der Waals surface area contributed by atoms with E-state index in [1.807, 2.05) is 20.8 Å². The van der Waals surface area contributed by atoms with Gasteiger partial charge in [-0.25, -0.2) is 4.98 Å². The number of aryl methyl sites for hydroxylation is 3. The van der Waals surface area contributed by atoms with Crippen LogP contribution in [0.1, 0.15) is 28.8 Å². The molecule has 2 N–H and O–H groups in total. The van der Waals surface area contributed by atoms with Gasteiger partial charge in [0.2, 0.25) is 11.0 Å². The van der Waals surface area contributed by atoms with Crippen LogP contribution in [0, 0.1) is 20.8 Å². The number of carbonyl (C=O) groups excluding carboxylic acids is 1. The van der Waals surface area contributed by atoms with Gasteiger partial charge in [0, 0.05) is 21.8 Å². The number of H-pyrrole nitrogens is 1. The highest BCUT2D eigenvalue weighted by Gasteiger charge is 2.18. The minimum absolute atomic E-state index is 0.00921. The second kappa shape index (κ2) is 7.79. The van der Waals surface area contributed by atoms with E-state index < -0.39 is 0 Å². The number of hydrogen-bond acceptors (Lipinski definition) is 5. The van der Waals surface area contributed by atoms with Crippen molar-refractivity contribution in [1.82, 2.24) is 14.8 Å². The topological polar surface area (TPSA) is 89.0 Å². The number of thiazole rings is 1. The first-order chi connectivity index (χ1) is 12.9. The fraction of sp³-hybridized carbons (Fsp3) is 0.316. The van der Waals surface area contributed by atoms with Crippen LogP contribution in [0.5, 0.6) is 5.75 Å². The highest BCUT2D eigenvalue weighted by Crippen LogP contribution is 2.20. The molecule has 1 amide bonds. The summed E-state index contributed by atoms with van der Waals surface area (Å²) in [7, 11) is 0. The molecule has 0 spiro atoms. The fourth-order valence-corrected chi connectivity index (χ4v) is 3.51. The van der Waals surface area contributed by atoms with Gasteiger partial charge in [-0.1, -0.05) is 11.3 Å². The number of ether oxygens (including phenoxy) is 1. The Labute approximate surface area is 161 Å². The van der Waals surface area contributed by atoms with E-state index in [1.54, 1.807) is 31.2 Å². The molecule has 7 nitrogen and oxygen atoms in total. The summed E-state index contributed by atoms with van der Waals surface area (Å²) >= 11 is 1.44. The highest BCUT2D eigenvalue weighted by molar-refractivity contribution is 7.14. The zero-order valence-corrected chi connectivity index (χ0v) is 16.6. The monoisotopic (exact) mass is 386 g/mol. The number of aromatic nitrogens is 3. The molecule has 0 aliphatic heterocycles. The predicted octanol–water partition coefficient (Wildman–Crippen LogP) is 3.13. The van der Waals surface area contributed by atoms with Crippen molar-refractivity contribution in [3.63, 3.8) is 0 Å². The van der Waals surface area contributed by atoms with Gasteiger partial charge in [0.25, 0.3) is 5.56 Å². The lowest BCUT2D eigenvalue weighted by molar-refractivity contribution is -0.115. The van der Waals surface area contributed by atoms with Gasteiger partial charge in [-0.3, -0.25) is 14.7 Å². The average Bonchev–Trinajstić information content (AvgIpc) is 3.10. The molecule has 0 aliphatic carbocycles. The number of nitrogens with one attached hydrogen (secondary N) is 2. The summed E-state index contributed by atoms with van der Waals surface area (Å²) in [5.41, 5.74) is 2.39. The number of benzene rings is 1. The second-order valence-corrected chi connectivity index (χ2v) is 7.36. The summed E-state index contributed by atoms with van der Waals surface area (Å²) in [4.78, 5) is 30.6. The third-order valence-corrected chi connectivity index (χ3v) is 5.25.